The predicted octanol–water partition coefficient (Wildman–Crippen LogP) is 4.06. The van der Waals surface area contributed by atoms with Gasteiger partial charge in [0.1, 0.15) is 6.54 Å². The van der Waals surface area contributed by atoms with Crippen molar-refractivity contribution in [1.82, 2.24) is 4.57 Å². The lowest BCUT2D eigenvalue weighted by Crippen LogP contribution is -2.26. The average Bonchev–Trinajstić information content (AvgIpc) is 3.20. The summed E-state index contributed by atoms with van der Waals surface area (Å²) in [6, 6.07) is 18.3. The fourth-order valence-corrected chi connectivity index (χ4v) is 6.07. The Balaban J connectivity index is 1.70. The van der Waals surface area contributed by atoms with Crippen LogP contribution >= 0.6 is 11.3 Å². The molecule has 1 amide bonds. The van der Waals surface area contributed by atoms with E-state index in [9.17, 15) is 18.0 Å². The number of sulfonamides is 1. The highest BCUT2D eigenvalue weighted by Gasteiger charge is 2.22. The summed E-state index contributed by atoms with van der Waals surface area (Å²) in [4.78, 5) is 29.8. The van der Waals surface area contributed by atoms with Crippen LogP contribution in [0.4, 0.5) is 5.69 Å². The lowest BCUT2D eigenvalue weighted by atomic mass is 10.1. The molecule has 1 heterocycles. The molecule has 0 N–H and O–H groups in total. The molecule has 0 atom stereocenters. The van der Waals surface area contributed by atoms with Gasteiger partial charge in [-0.3, -0.25) is 13.9 Å². The van der Waals surface area contributed by atoms with Gasteiger partial charge >= 0.3 is 5.97 Å². The highest BCUT2D eigenvalue weighted by atomic mass is 32.2. The van der Waals surface area contributed by atoms with Crippen LogP contribution in [0.25, 0.3) is 10.2 Å². The highest BCUT2D eigenvalue weighted by Crippen LogP contribution is 2.24. The number of fused-ring (bicyclic) bond motifs is 1. The summed E-state index contributed by atoms with van der Waals surface area (Å²) in [7, 11) is -1.02. The Morgan fingerprint density at radius 1 is 1.03 bits per heavy atom. The summed E-state index contributed by atoms with van der Waals surface area (Å²) < 4.78 is 34.6. The van der Waals surface area contributed by atoms with Crippen molar-refractivity contribution in [1.29, 1.82) is 0 Å². The van der Waals surface area contributed by atoms with Crippen LogP contribution < -0.4 is 9.11 Å². The van der Waals surface area contributed by atoms with Crippen LogP contribution in [-0.4, -0.2) is 39.0 Å². The SMILES string of the molecule is COC(=O)Cn1c(=NC(=O)c2ccc(S(=O)(=O)N(C)c3ccccc3)cc2)sc2c(C)cc(C)cc21. The number of para-hydroxylation sites is 1. The number of benzene rings is 3. The van der Waals surface area contributed by atoms with Gasteiger partial charge in [0.05, 0.1) is 27.9 Å². The molecule has 10 heteroatoms. The van der Waals surface area contributed by atoms with Gasteiger partial charge in [0.15, 0.2) is 4.80 Å². The topological polar surface area (TPSA) is 98.0 Å². The molecule has 4 aromatic rings. The van der Waals surface area contributed by atoms with Gasteiger partial charge in [-0.2, -0.15) is 4.99 Å². The van der Waals surface area contributed by atoms with Crippen molar-refractivity contribution in [2.24, 2.45) is 4.99 Å². The van der Waals surface area contributed by atoms with Crippen LogP contribution in [0, 0.1) is 13.8 Å². The third-order valence-electron chi connectivity index (χ3n) is 5.71. The Hall–Kier alpha value is -3.76. The minimum absolute atomic E-state index is 0.0547. The van der Waals surface area contributed by atoms with E-state index in [1.807, 2.05) is 32.0 Å². The van der Waals surface area contributed by atoms with E-state index in [0.29, 0.717) is 10.5 Å². The number of amides is 1. The van der Waals surface area contributed by atoms with E-state index >= 15 is 0 Å². The van der Waals surface area contributed by atoms with Crippen LogP contribution in [0.5, 0.6) is 0 Å². The van der Waals surface area contributed by atoms with Gasteiger partial charge in [0.25, 0.3) is 15.9 Å². The first-order chi connectivity index (χ1) is 17.1. The van der Waals surface area contributed by atoms with Crippen molar-refractivity contribution in [2.75, 3.05) is 18.5 Å². The molecular weight excluding hydrogens is 498 g/mol. The van der Waals surface area contributed by atoms with Gasteiger partial charge in [-0.05, 0) is 67.4 Å². The third kappa shape index (κ3) is 4.95. The maximum atomic E-state index is 13.0. The van der Waals surface area contributed by atoms with Gasteiger partial charge in [0, 0.05) is 12.6 Å². The molecule has 4 rings (SSSR count). The fourth-order valence-electron chi connectivity index (χ4n) is 3.80. The molecule has 0 aliphatic carbocycles. The Morgan fingerprint density at radius 3 is 2.33 bits per heavy atom. The molecule has 0 saturated carbocycles. The number of nitrogens with zero attached hydrogens (tertiary/aromatic N) is 3. The van der Waals surface area contributed by atoms with E-state index in [0.717, 1.165) is 21.3 Å². The molecule has 0 aliphatic rings. The molecule has 0 fully saturated rings. The molecule has 0 bridgehead atoms. The van der Waals surface area contributed by atoms with Gasteiger partial charge in [-0.1, -0.05) is 35.6 Å². The summed E-state index contributed by atoms with van der Waals surface area (Å²) in [5.74, 6) is -1.00. The van der Waals surface area contributed by atoms with Crippen molar-refractivity contribution in [3.8, 4) is 0 Å². The Kier molecular flexibility index (Phi) is 7.09. The summed E-state index contributed by atoms with van der Waals surface area (Å²) >= 11 is 1.31. The second-order valence-corrected chi connectivity index (χ2v) is 11.2. The first-order valence-corrected chi connectivity index (χ1v) is 13.3. The predicted molar refractivity (Wildman–Crippen MR) is 140 cm³/mol. The zero-order chi connectivity index (χ0) is 26.0. The quantitative estimate of drug-likeness (QED) is 0.355. The van der Waals surface area contributed by atoms with Gasteiger partial charge in [0.2, 0.25) is 0 Å². The second kappa shape index (κ2) is 10.1. The maximum Gasteiger partial charge on any atom is 0.325 e. The van der Waals surface area contributed by atoms with E-state index in [2.05, 4.69) is 4.99 Å². The number of hydrogen-bond acceptors (Lipinski definition) is 6. The van der Waals surface area contributed by atoms with Crippen molar-refractivity contribution >= 4 is 49.1 Å². The Labute approximate surface area is 213 Å². The van der Waals surface area contributed by atoms with Crippen LogP contribution in [-0.2, 0) is 26.1 Å². The molecule has 3 aromatic carbocycles. The van der Waals surface area contributed by atoms with Crippen molar-refractivity contribution < 1.29 is 22.7 Å². The Bertz CT molecular complexity index is 1620. The number of esters is 1. The van der Waals surface area contributed by atoms with E-state index in [-0.39, 0.29) is 17.0 Å². The second-order valence-electron chi connectivity index (χ2n) is 8.23. The maximum absolute atomic E-state index is 13.0. The third-order valence-corrected chi connectivity index (χ3v) is 8.74. The van der Waals surface area contributed by atoms with Crippen molar-refractivity contribution in [3.05, 3.63) is 88.2 Å². The van der Waals surface area contributed by atoms with Gasteiger partial charge < -0.3 is 9.30 Å². The fraction of sp³-hybridized carbons (Fsp3) is 0.192. The lowest BCUT2D eigenvalue weighted by Gasteiger charge is -2.19. The number of carbonyl (C=O) groups is 2. The average molecular weight is 524 g/mol. The molecular formula is C26H25N3O5S2. The van der Waals surface area contributed by atoms with Crippen LogP contribution in [0.3, 0.4) is 0 Å². The Morgan fingerprint density at radius 2 is 1.69 bits per heavy atom. The van der Waals surface area contributed by atoms with Crippen LogP contribution in [0.2, 0.25) is 0 Å². The molecule has 36 heavy (non-hydrogen) atoms. The summed E-state index contributed by atoms with van der Waals surface area (Å²) in [5.41, 5.74) is 3.58. The largest absolute Gasteiger partial charge is 0.468 e. The van der Waals surface area contributed by atoms with E-state index in [4.69, 9.17) is 4.74 Å². The zero-order valence-electron chi connectivity index (χ0n) is 20.3. The molecule has 8 nitrogen and oxygen atoms in total. The van der Waals surface area contributed by atoms with Gasteiger partial charge in [-0.25, -0.2) is 8.42 Å². The normalized spacial score (nSPS) is 12.1. The molecule has 0 saturated heterocycles. The standard InChI is InChI=1S/C26H25N3O5S2/c1-17-14-18(2)24-22(15-17)29(16-23(30)34-4)26(35-24)27-25(31)19-10-12-21(13-11-19)36(32,33)28(3)20-8-6-5-7-9-20/h5-15H,16H2,1-4H3. The highest BCUT2D eigenvalue weighted by molar-refractivity contribution is 7.92. The van der Waals surface area contributed by atoms with Crippen molar-refractivity contribution in [2.45, 2.75) is 25.3 Å². The van der Waals surface area contributed by atoms with E-state index in [1.54, 1.807) is 28.8 Å². The lowest BCUT2D eigenvalue weighted by molar-refractivity contribution is -0.141. The molecule has 186 valence electrons. The van der Waals surface area contributed by atoms with Crippen molar-refractivity contribution in [3.63, 3.8) is 0 Å². The minimum atomic E-state index is -3.80. The molecule has 0 radical (unpaired) electrons. The summed E-state index contributed by atoms with van der Waals surface area (Å²) in [6.07, 6.45) is 0. The number of hydrogen-bond donors (Lipinski definition) is 0. The summed E-state index contributed by atoms with van der Waals surface area (Å²) in [5, 5.41) is 0. The number of thiazole rings is 1. The van der Waals surface area contributed by atoms with E-state index < -0.39 is 21.9 Å². The number of aryl methyl sites for hydroxylation is 2. The number of ether oxygens (including phenoxy) is 1. The zero-order valence-corrected chi connectivity index (χ0v) is 21.9. The smallest absolute Gasteiger partial charge is 0.325 e. The van der Waals surface area contributed by atoms with Crippen LogP contribution in [0.1, 0.15) is 21.5 Å². The number of aromatic nitrogens is 1. The number of anilines is 1. The minimum Gasteiger partial charge on any atom is -0.468 e. The molecule has 0 aliphatic heterocycles. The van der Waals surface area contributed by atoms with Crippen LogP contribution in [0.15, 0.2) is 76.6 Å². The molecule has 0 spiro atoms. The van der Waals surface area contributed by atoms with Gasteiger partial charge in [-0.15, -0.1) is 0 Å². The first kappa shape index (κ1) is 25.3. The first-order valence-electron chi connectivity index (χ1n) is 11.0. The number of rotatable bonds is 6. The molecule has 0 unspecified atom stereocenters. The molecule has 1 aromatic heterocycles. The number of methoxy groups -OCH3 is 1. The number of carbonyl (C=O) groups excluding carboxylic acids is 2. The van der Waals surface area contributed by atoms with E-state index in [1.165, 1.54) is 54.1 Å². The monoisotopic (exact) mass is 523 g/mol. The summed E-state index contributed by atoms with van der Waals surface area (Å²) in [6.45, 7) is 3.83.